The van der Waals surface area contributed by atoms with Crippen molar-refractivity contribution in [3.05, 3.63) is 57.3 Å². The number of hydrogen-bond acceptors (Lipinski definition) is 3. The number of carboxylic acids is 1. The molecule has 1 aromatic heterocycles. The Labute approximate surface area is 127 Å². The molecule has 2 rings (SSSR count). The molecular weight excluding hydrogens is 348 g/mol. The summed E-state index contributed by atoms with van der Waals surface area (Å²) in [5.41, 5.74) is 0.301. The number of anilines is 1. The van der Waals surface area contributed by atoms with E-state index in [4.69, 9.17) is 16.7 Å². The van der Waals surface area contributed by atoms with Gasteiger partial charge in [-0.15, -0.1) is 0 Å². The highest BCUT2D eigenvalue weighted by Crippen LogP contribution is 2.24. The summed E-state index contributed by atoms with van der Waals surface area (Å²) in [5, 5.41) is 11.7. The van der Waals surface area contributed by atoms with Crippen LogP contribution >= 0.6 is 27.5 Å². The van der Waals surface area contributed by atoms with Gasteiger partial charge in [0.1, 0.15) is 10.2 Å². The highest BCUT2D eigenvalue weighted by molar-refractivity contribution is 9.10. The van der Waals surface area contributed by atoms with Crippen molar-refractivity contribution in [2.45, 2.75) is 0 Å². The normalized spacial score (nSPS) is 10.1. The zero-order valence-corrected chi connectivity index (χ0v) is 12.3. The van der Waals surface area contributed by atoms with Crippen LogP contribution in [0.4, 0.5) is 5.69 Å². The first-order valence-electron chi connectivity index (χ1n) is 5.44. The predicted octanol–water partition coefficient (Wildman–Crippen LogP) is 3.45. The molecule has 1 amide bonds. The molecule has 2 N–H and O–H groups in total. The Balaban J connectivity index is 2.30. The molecule has 7 heteroatoms. The molecule has 0 aliphatic carbocycles. The highest BCUT2D eigenvalue weighted by Gasteiger charge is 2.16. The third-order valence-corrected chi connectivity index (χ3v) is 3.25. The van der Waals surface area contributed by atoms with Crippen LogP contribution in [0.25, 0.3) is 0 Å². The molecule has 0 aliphatic rings. The van der Waals surface area contributed by atoms with Crippen molar-refractivity contribution in [2.75, 3.05) is 5.32 Å². The Morgan fingerprint density at radius 3 is 2.60 bits per heavy atom. The minimum atomic E-state index is -1.21. The Kier molecular flexibility index (Phi) is 4.36. The van der Waals surface area contributed by atoms with Crippen molar-refractivity contribution >= 4 is 45.1 Å². The van der Waals surface area contributed by atoms with Crippen LogP contribution in [0.5, 0.6) is 0 Å². The summed E-state index contributed by atoms with van der Waals surface area (Å²) in [4.78, 5) is 27.1. The van der Waals surface area contributed by atoms with Crippen molar-refractivity contribution in [1.82, 2.24) is 4.98 Å². The lowest BCUT2D eigenvalue weighted by Crippen LogP contribution is -2.15. The molecule has 102 valence electrons. The van der Waals surface area contributed by atoms with Gasteiger partial charge in [-0.05, 0) is 40.2 Å². The fraction of sp³-hybridized carbons (Fsp3) is 0. The summed E-state index contributed by atoms with van der Waals surface area (Å²) in [6.07, 6.45) is 1.38. The Bertz CT molecular complexity index is 674. The van der Waals surface area contributed by atoms with Crippen LogP contribution in [0, 0.1) is 0 Å². The summed E-state index contributed by atoms with van der Waals surface area (Å²) in [6.45, 7) is 0. The number of aromatic nitrogens is 1. The largest absolute Gasteiger partial charge is 0.478 e. The molecule has 1 aromatic carbocycles. The molecule has 0 radical (unpaired) electrons. The lowest BCUT2D eigenvalue weighted by Gasteiger charge is -2.09. The summed E-state index contributed by atoms with van der Waals surface area (Å²) in [6, 6.07) is 7.66. The van der Waals surface area contributed by atoms with E-state index in [-0.39, 0.29) is 16.3 Å². The third kappa shape index (κ3) is 3.15. The number of hydrogen-bond donors (Lipinski definition) is 2. The number of pyridine rings is 1. The zero-order chi connectivity index (χ0) is 14.7. The maximum atomic E-state index is 12.0. The molecule has 2 aromatic rings. The van der Waals surface area contributed by atoms with Crippen molar-refractivity contribution in [3.63, 3.8) is 0 Å². The van der Waals surface area contributed by atoms with E-state index in [1.807, 2.05) is 0 Å². The van der Waals surface area contributed by atoms with Crippen LogP contribution in [-0.2, 0) is 0 Å². The van der Waals surface area contributed by atoms with Crippen LogP contribution in [0.2, 0.25) is 5.02 Å². The number of rotatable bonds is 3. The van der Waals surface area contributed by atoms with Gasteiger partial charge in [-0.25, -0.2) is 9.78 Å². The minimum Gasteiger partial charge on any atom is -0.478 e. The van der Waals surface area contributed by atoms with Gasteiger partial charge in [-0.1, -0.05) is 17.7 Å². The maximum Gasteiger partial charge on any atom is 0.339 e. The number of benzene rings is 1. The average Bonchev–Trinajstić information content (AvgIpc) is 2.39. The second kappa shape index (κ2) is 6.02. The van der Waals surface area contributed by atoms with Crippen molar-refractivity contribution in [1.29, 1.82) is 0 Å². The van der Waals surface area contributed by atoms with Gasteiger partial charge in [0.2, 0.25) is 0 Å². The van der Waals surface area contributed by atoms with Gasteiger partial charge in [-0.2, -0.15) is 0 Å². The predicted molar refractivity (Wildman–Crippen MR) is 78.3 cm³/mol. The summed E-state index contributed by atoms with van der Waals surface area (Å²) >= 11 is 8.99. The monoisotopic (exact) mass is 354 g/mol. The Hall–Kier alpha value is -1.92. The van der Waals surface area contributed by atoms with Gasteiger partial charge in [-0.3, -0.25) is 4.79 Å². The molecular formula is C13H8BrClN2O3. The van der Waals surface area contributed by atoms with E-state index >= 15 is 0 Å². The van der Waals surface area contributed by atoms with Crippen molar-refractivity contribution in [3.8, 4) is 0 Å². The van der Waals surface area contributed by atoms with Crippen LogP contribution < -0.4 is 5.32 Å². The average molecular weight is 356 g/mol. The molecule has 0 aliphatic heterocycles. The van der Waals surface area contributed by atoms with E-state index < -0.39 is 11.9 Å². The van der Waals surface area contributed by atoms with Gasteiger partial charge < -0.3 is 10.4 Å². The maximum absolute atomic E-state index is 12.0. The first-order valence-corrected chi connectivity index (χ1v) is 6.61. The second-order valence-corrected chi connectivity index (χ2v) is 5.01. The molecule has 0 fully saturated rings. The number of carbonyl (C=O) groups excluding carboxylic acids is 1. The van der Waals surface area contributed by atoms with Crippen LogP contribution in [0.3, 0.4) is 0 Å². The molecule has 0 saturated carbocycles. The molecule has 0 unspecified atom stereocenters. The number of carbonyl (C=O) groups is 2. The minimum absolute atomic E-state index is 0.0595. The molecule has 0 atom stereocenters. The summed E-state index contributed by atoms with van der Waals surface area (Å²) in [7, 11) is 0. The first kappa shape index (κ1) is 14.5. The standard InChI is InChI=1S/C13H8BrClN2O3/c14-10-5-4-7(6-16-10)12(18)17-9-3-1-2-8(15)11(9)13(19)20/h1-6H,(H,17,18)(H,19,20). The van der Waals surface area contributed by atoms with Gasteiger partial charge in [0.25, 0.3) is 5.91 Å². The molecule has 0 saturated heterocycles. The van der Waals surface area contributed by atoms with Crippen LogP contribution in [-0.4, -0.2) is 22.0 Å². The van der Waals surface area contributed by atoms with E-state index in [0.29, 0.717) is 10.2 Å². The topological polar surface area (TPSA) is 79.3 Å². The lowest BCUT2D eigenvalue weighted by molar-refractivity contribution is 0.0698. The lowest BCUT2D eigenvalue weighted by atomic mass is 10.1. The molecule has 5 nitrogen and oxygen atoms in total. The molecule has 20 heavy (non-hydrogen) atoms. The number of halogens is 2. The highest BCUT2D eigenvalue weighted by atomic mass is 79.9. The fourth-order valence-corrected chi connectivity index (χ4v) is 2.04. The number of amides is 1. The van der Waals surface area contributed by atoms with Gasteiger partial charge in [0.05, 0.1) is 16.3 Å². The van der Waals surface area contributed by atoms with E-state index in [1.165, 1.54) is 18.3 Å². The van der Waals surface area contributed by atoms with E-state index in [1.54, 1.807) is 18.2 Å². The van der Waals surface area contributed by atoms with Gasteiger partial charge in [0.15, 0.2) is 0 Å². The molecule has 0 spiro atoms. The molecule has 0 bridgehead atoms. The third-order valence-electron chi connectivity index (χ3n) is 2.47. The second-order valence-electron chi connectivity index (χ2n) is 3.79. The number of carboxylic acid groups (broad SMARTS) is 1. The van der Waals surface area contributed by atoms with Crippen molar-refractivity contribution in [2.24, 2.45) is 0 Å². The SMILES string of the molecule is O=C(Nc1cccc(Cl)c1C(=O)O)c1ccc(Br)nc1. The fourth-order valence-electron chi connectivity index (χ4n) is 1.55. The summed E-state index contributed by atoms with van der Waals surface area (Å²) < 4.78 is 0.600. The van der Waals surface area contributed by atoms with Crippen molar-refractivity contribution < 1.29 is 14.7 Å². The van der Waals surface area contributed by atoms with Gasteiger partial charge in [0, 0.05) is 6.20 Å². The van der Waals surface area contributed by atoms with E-state index in [2.05, 4.69) is 26.2 Å². The van der Waals surface area contributed by atoms with Crippen LogP contribution in [0.15, 0.2) is 41.1 Å². The Morgan fingerprint density at radius 1 is 1.25 bits per heavy atom. The van der Waals surface area contributed by atoms with E-state index in [0.717, 1.165) is 0 Å². The van der Waals surface area contributed by atoms with E-state index in [9.17, 15) is 9.59 Å². The van der Waals surface area contributed by atoms with Crippen LogP contribution in [0.1, 0.15) is 20.7 Å². The van der Waals surface area contributed by atoms with Gasteiger partial charge >= 0.3 is 5.97 Å². The first-order chi connectivity index (χ1) is 9.49. The number of aromatic carboxylic acids is 1. The number of nitrogens with one attached hydrogen (secondary N) is 1. The smallest absolute Gasteiger partial charge is 0.339 e. The quantitative estimate of drug-likeness (QED) is 0.827. The summed E-state index contributed by atoms with van der Waals surface area (Å²) in [5.74, 6) is -1.67. The zero-order valence-electron chi connectivity index (χ0n) is 9.93. The number of nitrogens with zero attached hydrogens (tertiary/aromatic N) is 1. The Morgan fingerprint density at radius 2 is 2.00 bits per heavy atom. The molecule has 1 heterocycles.